The number of carbonyl (C=O) groups is 1. The van der Waals surface area contributed by atoms with Crippen molar-refractivity contribution >= 4 is 6.03 Å². The third-order valence-electron chi connectivity index (χ3n) is 3.93. The van der Waals surface area contributed by atoms with Gasteiger partial charge in [-0.05, 0) is 26.7 Å². The topological polar surface area (TPSA) is 87.4 Å². The number of aliphatic hydroxyl groups is 1. The molecule has 0 bridgehead atoms. The number of urea groups is 1. The largest absolute Gasteiger partial charge is 0.391 e. The molecular weight excluding hydrogens is 270 g/mol. The Kier molecular flexibility index (Phi) is 6.68. The van der Waals surface area contributed by atoms with Gasteiger partial charge in [0, 0.05) is 12.1 Å². The van der Waals surface area contributed by atoms with Crippen molar-refractivity contribution in [2.75, 3.05) is 6.54 Å². The van der Waals surface area contributed by atoms with Crippen molar-refractivity contribution in [3.8, 4) is 0 Å². The Morgan fingerprint density at radius 2 is 1.95 bits per heavy atom. The zero-order valence-electron chi connectivity index (χ0n) is 13.6. The molecule has 0 aromatic carbocycles. The maximum absolute atomic E-state index is 11.9. The lowest BCUT2D eigenvalue weighted by Crippen LogP contribution is -2.42. The predicted octanol–water partition coefficient (Wildman–Crippen LogP) is 2.45. The number of amides is 2. The summed E-state index contributed by atoms with van der Waals surface area (Å²) >= 11 is 0. The fourth-order valence-electron chi connectivity index (χ4n) is 2.62. The number of aryl methyl sites for hydroxylation is 2. The Labute approximate surface area is 126 Å². The van der Waals surface area contributed by atoms with E-state index < -0.39 is 6.10 Å². The molecule has 1 rings (SSSR count). The van der Waals surface area contributed by atoms with Gasteiger partial charge in [-0.1, -0.05) is 31.8 Å². The van der Waals surface area contributed by atoms with E-state index >= 15 is 0 Å². The number of hydrogen-bond acceptors (Lipinski definition) is 4. The lowest BCUT2D eigenvalue weighted by molar-refractivity contribution is 0.103. The molecule has 0 aliphatic heterocycles. The van der Waals surface area contributed by atoms with Crippen molar-refractivity contribution in [1.82, 2.24) is 15.8 Å². The van der Waals surface area contributed by atoms with Gasteiger partial charge in [0.2, 0.25) is 0 Å². The van der Waals surface area contributed by atoms with Crippen LogP contribution in [0.1, 0.15) is 56.7 Å². The third kappa shape index (κ3) is 4.74. The summed E-state index contributed by atoms with van der Waals surface area (Å²) in [5.74, 6) is 0.919. The van der Waals surface area contributed by atoms with E-state index in [2.05, 4.69) is 15.8 Å². The molecule has 0 saturated heterocycles. The molecule has 6 nitrogen and oxygen atoms in total. The van der Waals surface area contributed by atoms with E-state index in [0.717, 1.165) is 24.1 Å². The highest BCUT2D eigenvalue weighted by atomic mass is 16.5. The maximum atomic E-state index is 11.9. The van der Waals surface area contributed by atoms with Gasteiger partial charge in [0.15, 0.2) is 0 Å². The third-order valence-corrected chi connectivity index (χ3v) is 3.93. The first kappa shape index (κ1) is 17.5. The van der Waals surface area contributed by atoms with E-state index in [1.165, 1.54) is 0 Å². The summed E-state index contributed by atoms with van der Waals surface area (Å²) in [6, 6.07) is -0.492. The first-order valence-electron chi connectivity index (χ1n) is 7.55. The molecule has 3 N–H and O–H groups in total. The average molecular weight is 297 g/mol. The standard InChI is InChI=1S/C15H27N3O3/c1-6-12(7-2)13(19)8-16-15(20)17-9(3)14-10(4)18-21-11(14)5/h9,12-13,19H,6-8H2,1-5H3,(H2,16,17,20). The molecule has 2 unspecified atom stereocenters. The average Bonchev–Trinajstić information content (AvgIpc) is 2.77. The van der Waals surface area contributed by atoms with Gasteiger partial charge in [-0.3, -0.25) is 0 Å². The summed E-state index contributed by atoms with van der Waals surface area (Å²) in [6.45, 7) is 9.88. The molecule has 0 radical (unpaired) electrons. The molecule has 21 heavy (non-hydrogen) atoms. The minimum absolute atomic E-state index is 0.193. The Morgan fingerprint density at radius 3 is 2.43 bits per heavy atom. The summed E-state index contributed by atoms with van der Waals surface area (Å²) < 4.78 is 5.10. The summed E-state index contributed by atoms with van der Waals surface area (Å²) in [4.78, 5) is 11.9. The number of nitrogens with one attached hydrogen (secondary N) is 2. The minimum atomic E-state index is -0.514. The molecule has 1 aromatic heterocycles. The monoisotopic (exact) mass is 297 g/mol. The van der Waals surface area contributed by atoms with Crippen LogP contribution in [0.25, 0.3) is 0 Å². The fraction of sp³-hybridized carbons (Fsp3) is 0.733. The van der Waals surface area contributed by atoms with Gasteiger partial charge in [-0.25, -0.2) is 4.79 Å². The molecule has 0 spiro atoms. The van der Waals surface area contributed by atoms with Crippen molar-refractivity contribution in [1.29, 1.82) is 0 Å². The van der Waals surface area contributed by atoms with E-state index in [0.29, 0.717) is 5.76 Å². The van der Waals surface area contributed by atoms with Crippen LogP contribution < -0.4 is 10.6 Å². The van der Waals surface area contributed by atoms with Gasteiger partial charge < -0.3 is 20.3 Å². The zero-order chi connectivity index (χ0) is 16.0. The van der Waals surface area contributed by atoms with Crippen LogP contribution in [0, 0.1) is 19.8 Å². The molecule has 0 aliphatic rings. The van der Waals surface area contributed by atoms with E-state index in [1.807, 2.05) is 34.6 Å². The van der Waals surface area contributed by atoms with Crippen LogP contribution in [0.2, 0.25) is 0 Å². The van der Waals surface area contributed by atoms with Gasteiger partial charge in [-0.2, -0.15) is 0 Å². The van der Waals surface area contributed by atoms with Crippen LogP contribution in [0.3, 0.4) is 0 Å². The van der Waals surface area contributed by atoms with Gasteiger partial charge in [-0.15, -0.1) is 0 Å². The lowest BCUT2D eigenvalue weighted by atomic mass is 9.97. The Hall–Kier alpha value is -1.56. The number of nitrogens with zero attached hydrogens (tertiary/aromatic N) is 1. The van der Waals surface area contributed by atoms with E-state index in [9.17, 15) is 9.90 Å². The van der Waals surface area contributed by atoms with Gasteiger partial charge in [0.1, 0.15) is 5.76 Å². The Balaban J connectivity index is 2.47. The minimum Gasteiger partial charge on any atom is -0.391 e. The summed E-state index contributed by atoms with van der Waals surface area (Å²) in [6.07, 6.45) is 1.28. The second-order valence-electron chi connectivity index (χ2n) is 5.46. The van der Waals surface area contributed by atoms with Crippen LogP contribution in [0.5, 0.6) is 0 Å². The zero-order valence-corrected chi connectivity index (χ0v) is 13.6. The van der Waals surface area contributed by atoms with E-state index in [4.69, 9.17) is 4.52 Å². The summed E-state index contributed by atoms with van der Waals surface area (Å²) in [5, 5.41) is 19.4. The SMILES string of the molecule is CCC(CC)C(O)CNC(=O)NC(C)c1c(C)noc1C. The molecule has 1 heterocycles. The molecule has 1 aromatic rings. The normalized spacial score (nSPS) is 14.0. The van der Waals surface area contributed by atoms with Crippen LogP contribution in [0.4, 0.5) is 4.79 Å². The molecule has 0 fully saturated rings. The lowest BCUT2D eigenvalue weighted by Gasteiger charge is -2.21. The number of hydrogen-bond donors (Lipinski definition) is 3. The van der Waals surface area contributed by atoms with Crippen molar-refractivity contribution in [2.24, 2.45) is 5.92 Å². The second-order valence-corrected chi connectivity index (χ2v) is 5.46. The smallest absolute Gasteiger partial charge is 0.315 e. The van der Waals surface area contributed by atoms with Crippen LogP contribution in [0.15, 0.2) is 4.52 Å². The number of aromatic nitrogens is 1. The Bertz CT molecular complexity index is 436. The van der Waals surface area contributed by atoms with Crippen molar-refractivity contribution in [2.45, 2.75) is 59.6 Å². The molecular formula is C15H27N3O3. The number of rotatable bonds is 7. The van der Waals surface area contributed by atoms with Gasteiger partial charge in [0.25, 0.3) is 0 Å². The quantitative estimate of drug-likeness (QED) is 0.721. The molecule has 6 heteroatoms. The fourth-order valence-corrected chi connectivity index (χ4v) is 2.62. The molecule has 0 saturated carbocycles. The maximum Gasteiger partial charge on any atom is 0.315 e. The second kappa shape index (κ2) is 8.02. The highest BCUT2D eigenvalue weighted by Crippen LogP contribution is 2.20. The number of carbonyl (C=O) groups excluding carboxylic acids is 1. The highest BCUT2D eigenvalue weighted by Gasteiger charge is 2.20. The van der Waals surface area contributed by atoms with Crippen molar-refractivity contribution < 1.29 is 14.4 Å². The summed E-state index contributed by atoms with van der Waals surface area (Å²) in [5.41, 5.74) is 1.67. The molecule has 120 valence electrons. The van der Waals surface area contributed by atoms with E-state index in [1.54, 1.807) is 0 Å². The van der Waals surface area contributed by atoms with Gasteiger partial charge >= 0.3 is 6.03 Å². The molecule has 2 atom stereocenters. The van der Waals surface area contributed by atoms with Crippen LogP contribution in [-0.4, -0.2) is 28.9 Å². The first-order valence-corrected chi connectivity index (χ1v) is 7.55. The summed E-state index contributed by atoms with van der Waals surface area (Å²) in [7, 11) is 0. The Morgan fingerprint density at radius 1 is 1.33 bits per heavy atom. The van der Waals surface area contributed by atoms with Crippen LogP contribution >= 0.6 is 0 Å². The van der Waals surface area contributed by atoms with Crippen LogP contribution in [-0.2, 0) is 0 Å². The van der Waals surface area contributed by atoms with E-state index in [-0.39, 0.29) is 24.5 Å². The highest BCUT2D eigenvalue weighted by molar-refractivity contribution is 5.74. The van der Waals surface area contributed by atoms with Crippen molar-refractivity contribution in [3.63, 3.8) is 0 Å². The predicted molar refractivity (Wildman–Crippen MR) is 81.0 cm³/mol. The molecule has 0 aliphatic carbocycles. The molecule has 2 amide bonds. The van der Waals surface area contributed by atoms with Gasteiger partial charge in [0.05, 0.1) is 17.8 Å². The number of aliphatic hydroxyl groups excluding tert-OH is 1. The van der Waals surface area contributed by atoms with Crippen molar-refractivity contribution in [3.05, 3.63) is 17.0 Å². The first-order chi connectivity index (χ1) is 9.90.